The van der Waals surface area contributed by atoms with E-state index in [9.17, 15) is 9.59 Å². The lowest BCUT2D eigenvalue weighted by Crippen LogP contribution is -2.42. The van der Waals surface area contributed by atoms with E-state index in [4.69, 9.17) is 37.4 Å². The van der Waals surface area contributed by atoms with Crippen molar-refractivity contribution in [1.82, 2.24) is 9.88 Å². The summed E-state index contributed by atoms with van der Waals surface area (Å²) in [6, 6.07) is 10.9. The average Bonchev–Trinajstić information content (AvgIpc) is 3.39. The summed E-state index contributed by atoms with van der Waals surface area (Å²) in [6.45, 7) is 3.57. The Morgan fingerprint density at radius 3 is 2.69 bits per heavy atom. The van der Waals surface area contributed by atoms with E-state index in [-0.39, 0.29) is 25.0 Å². The summed E-state index contributed by atoms with van der Waals surface area (Å²) in [5.41, 5.74) is 2.63. The molecule has 0 aliphatic carbocycles. The Morgan fingerprint density at radius 1 is 1.22 bits per heavy atom. The second-order valence-electron chi connectivity index (χ2n) is 8.92. The van der Waals surface area contributed by atoms with Gasteiger partial charge in [-0.1, -0.05) is 29.8 Å². The quantitative estimate of drug-likeness (QED) is 0.180. The van der Waals surface area contributed by atoms with Crippen LogP contribution in [0, 0.1) is 0 Å². The number of nitrogens with zero attached hydrogens (tertiary/aromatic N) is 2. The molecule has 2 aliphatic heterocycles. The van der Waals surface area contributed by atoms with Crippen LogP contribution in [-0.4, -0.2) is 53.5 Å². The molecule has 4 rings (SSSR count). The fourth-order valence-electron chi connectivity index (χ4n) is 4.52. The van der Waals surface area contributed by atoms with Crippen molar-refractivity contribution in [2.45, 2.75) is 51.2 Å². The van der Waals surface area contributed by atoms with Gasteiger partial charge in [0.15, 0.2) is 0 Å². The van der Waals surface area contributed by atoms with Gasteiger partial charge in [-0.3, -0.25) is 4.79 Å². The molecule has 3 heterocycles. The second kappa shape index (κ2) is 12.6. The maximum absolute atomic E-state index is 13.4. The Balaban J connectivity index is 1.52. The number of ether oxygens (including phenoxy) is 3. The highest BCUT2D eigenvalue weighted by Gasteiger charge is 2.38. The molecule has 1 fully saturated rings. The summed E-state index contributed by atoms with van der Waals surface area (Å²) in [4.78, 5) is 32.4. The minimum absolute atomic E-state index is 0.0277. The van der Waals surface area contributed by atoms with Crippen molar-refractivity contribution < 1.29 is 23.8 Å². The standard InChI is InChI=1S/C27H30Cl2N2O5/c1-18-26(27(33)36-17-19-5-8-21(9-6-19)34-13-3-11-28)23(20-7-10-24(29)30-15-20)14-25(32)31(18)16-22-4-2-12-35-22/h5-10,15,22-23H,2-4,11-14,16-17H2,1H3. The third-order valence-electron chi connectivity index (χ3n) is 6.45. The molecule has 2 atom stereocenters. The Bertz CT molecular complexity index is 1080. The molecule has 2 aliphatic rings. The van der Waals surface area contributed by atoms with Crippen LogP contribution in [0.25, 0.3) is 0 Å². The molecular weight excluding hydrogens is 503 g/mol. The van der Waals surface area contributed by atoms with E-state index in [1.54, 1.807) is 30.2 Å². The lowest BCUT2D eigenvalue weighted by Gasteiger charge is -2.35. The van der Waals surface area contributed by atoms with E-state index in [1.165, 1.54) is 0 Å². The van der Waals surface area contributed by atoms with Gasteiger partial charge in [-0.2, -0.15) is 0 Å². The second-order valence-corrected chi connectivity index (χ2v) is 9.69. The number of carbonyl (C=O) groups excluding carboxylic acids is 2. The normalized spacial score (nSPS) is 20.1. The smallest absolute Gasteiger partial charge is 0.336 e. The van der Waals surface area contributed by atoms with Crippen molar-refractivity contribution in [1.29, 1.82) is 0 Å². The zero-order valence-electron chi connectivity index (χ0n) is 20.3. The minimum atomic E-state index is -0.465. The number of amides is 1. The van der Waals surface area contributed by atoms with Gasteiger partial charge in [-0.15, -0.1) is 11.6 Å². The molecule has 0 bridgehead atoms. The van der Waals surface area contributed by atoms with Crippen LogP contribution in [0.5, 0.6) is 5.75 Å². The van der Waals surface area contributed by atoms with E-state index in [1.807, 2.05) is 24.3 Å². The first-order chi connectivity index (χ1) is 17.5. The Labute approximate surface area is 221 Å². The van der Waals surface area contributed by atoms with Crippen molar-refractivity contribution in [2.75, 3.05) is 25.6 Å². The molecule has 7 nitrogen and oxygen atoms in total. The van der Waals surface area contributed by atoms with Crippen LogP contribution in [-0.2, 0) is 25.7 Å². The van der Waals surface area contributed by atoms with Crippen LogP contribution in [0.4, 0.5) is 0 Å². The molecule has 0 N–H and O–H groups in total. The van der Waals surface area contributed by atoms with E-state index >= 15 is 0 Å². The number of allylic oxidation sites excluding steroid dienone is 1. The Morgan fingerprint density at radius 2 is 2.03 bits per heavy atom. The summed E-state index contributed by atoms with van der Waals surface area (Å²) in [7, 11) is 0. The van der Waals surface area contributed by atoms with Crippen molar-refractivity contribution in [3.8, 4) is 5.75 Å². The fraction of sp³-hybridized carbons (Fsp3) is 0.444. The molecule has 192 valence electrons. The van der Waals surface area contributed by atoms with E-state index in [0.29, 0.717) is 42.1 Å². The topological polar surface area (TPSA) is 78.0 Å². The molecular formula is C27H30Cl2N2O5. The van der Waals surface area contributed by atoms with Gasteiger partial charge in [-0.05, 0) is 55.5 Å². The summed E-state index contributed by atoms with van der Waals surface area (Å²) >= 11 is 11.7. The number of hydrogen-bond acceptors (Lipinski definition) is 6. The highest BCUT2D eigenvalue weighted by molar-refractivity contribution is 6.29. The van der Waals surface area contributed by atoms with E-state index < -0.39 is 11.9 Å². The summed E-state index contributed by atoms with van der Waals surface area (Å²) in [6.07, 6.45) is 4.37. The molecule has 1 saturated heterocycles. The molecule has 9 heteroatoms. The van der Waals surface area contributed by atoms with Crippen LogP contribution in [0.2, 0.25) is 5.15 Å². The number of alkyl halides is 1. The van der Waals surface area contributed by atoms with Crippen LogP contribution in [0.15, 0.2) is 53.9 Å². The first kappa shape index (κ1) is 26.5. The number of aromatic nitrogens is 1. The monoisotopic (exact) mass is 532 g/mol. The van der Waals surface area contributed by atoms with E-state index in [0.717, 1.165) is 36.1 Å². The maximum atomic E-state index is 13.4. The third kappa shape index (κ3) is 6.58. The van der Waals surface area contributed by atoms with Crippen LogP contribution < -0.4 is 4.74 Å². The van der Waals surface area contributed by atoms with Crippen LogP contribution in [0.3, 0.4) is 0 Å². The molecule has 36 heavy (non-hydrogen) atoms. The Hall–Kier alpha value is -2.61. The largest absolute Gasteiger partial charge is 0.494 e. The number of benzene rings is 1. The number of pyridine rings is 1. The molecule has 2 unspecified atom stereocenters. The van der Waals surface area contributed by atoms with Gasteiger partial charge in [-0.25, -0.2) is 9.78 Å². The predicted octanol–water partition coefficient (Wildman–Crippen LogP) is 5.26. The summed E-state index contributed by atoms with van der Waals surface area (Å²) in [5.74, 6) is 0.310. The van der Waals surface area contributed by atoms with Crippen molar-refractivity contribution >= 4 is 35.1 Å². The first-order valence-electron chi connectivity index (χ1n) is 12.1. The van der Waals surface area contributed by atoms with Gasteiger partial charge in [0.2, 0.25) is 5.91 Å². The molecule has 1 amide bonds. The molecule has 0 spiro atoms. The zero-order valence-corrected chi connectivity index (χ0v) is 21.8. The number of carbonyl (C=O) groups is 2. The van der Waals surface area contributed by atoms with Gasteiger partial charge in [0, 0.05) is 36.7 Å². The number of hydrogen-bond donors (Lipinski definition) is 0. The van der Waals surface area contributed by atoms with Crippen molar-refractivity contribution in [3.63, 3.8) is 0 Å². The SMILES string of the molecule is CC1=C(C(=O)OCc2ccc(OCCCCl)cc2)C(c2ccc(Cl)nc2)CC(=O)N1CC1CCCO1. The third-order valence-corrected chi connectivity index (χ3v) is 6.94. The summed E-state index contributed by atoms with van der Waals surface area (Å²) in [5, 5.41) is 0.348. The average molecular weight is 533 g/mol. The van der Waals surface area contributed by atoms with Crippen molar-refractivity contribution in [3.05, 3.63) is 70.1 Å². The van der Waals surface area contributed by atoms with Crippen molar-refractivity contribution in [2.24, 2.45) is 0 Å². The van der Waals surface area contributed by atoms with Gasteiger partial charge in [0.05, 0.1) is 24.8 Å². The molecule has 1 aromatic heterocycles. The molecule has 1 aromatic carbocycles. The van der Waals surface area contributed by atoms with Gasteiger partial charge < -0.3 is 19.1 Å². The fourth-order valence-corrected chi connectivity index (χ4v) is 4.74. The maximum Gasteiger partial charge on any atom is 0.336 e. The lowest BCUT2D eigenvalue weighted by molar-refractivity contribution is -0.141. The summed E-state index contributed by atoms with van der Waals surface area (Å²) < 4.78 is 17.1. The zero-order chi connectivity index (χ0) is 25.5. The molecule has 0 radical (unpaired) electrons. The Kier molecular flexibility index (Phi) is 9.24. The minimum Gasteiger partial charge on any atom is -0.494 e. The highest BCUT2D eigenvalue weighted by Crippen LogP contribution is 2.37. The number of halogens is 2. The van der Waals surface area contributed by atoms with E-state index in [2.05, 4.69) is 4.98 Å². The van der Waals surface area contributed by atoms with Crippen LogP contribution in [0.1, 0.15) is 49.7 Å². The molecule has 0 saturated carbocycles. The number of esters is 1. The highest BCUT2D eigenvalue weighted by atomic mass is 35.5. The van der Waals surface area contributed by atoms with Gasteiger partial charge in [0.25, 0.3) is 0 Å². The predicted molar refractivity (Wildman–Crippen MR) is 137 cm³/mol. The van der Waals surface area contributed by atoms with Crippen LogP contribution >= 0.6 is 23.2 Å². The first-order valence-corrected chi connectivity index (χ1v) is 13.1. The van der Waals surface area contributed by atoms with Gasteiger partial charge in [0.1, 0.15) is 17.5 Å². The number of rotatable bonds is 10. The lowest BCUT2D eigenvalue weighted by atomic mass is 9.84. The molecule has 2 aromatic rings. The van der Waals surface area contributed by atoms with Gasteiger partial charge >= 0.3 is 5.97 Å².